The van der Waals surface area contributed by atoms with E-state index in [1.165, 1.54) is 0 Å². The van der Waals surface area contributed by atoms with Crippen molar-refractivity contribution >= 4 is 16.7 Å². The molecule has 0 atom stereocenters. The number of rotatable bonds is 4. The molecule has 114 valence electrons. The van der Waals surface area contributed by atoms with Gasteiger partial charge in [0.25, 0.3) is 5.56 Å². The number of nitrogens with two attached hydrogens (primary N) is 1. The maximum atomic E-state index is 12.8. The first kappa shape index (κ1) is 14.3. The van der Waals surface area contributed by atoms with Gasteiger partial charge in [0.1, 0.15) is 5.39 Å². The third kappa shape index (κ3) is 2.37. The number of fused-ring (bicyclic) bond motifs is 1. The fourth-order valence-corrected chi connectivity index (χ4v) is 2.66. The predicted molar refractivity (Wildman–Crippen MR) is 85.8 cm³/mol. The van der Waals surface area contributed by atoms with Crippen LogP contribution in [0.2, 0.25) is 0 Å². The molecule has 0 aliphatic rings. The van der Waals surface area contributed by atoms with Crippen molar-refractivity contribution in [3.05, 3.63) is 58.0 Å². The van der Waals surface area contributed by atoms with E-state index < -0.39 is 0 Å². The number of aromatic nitrogens is 3. The van der Waals surface area contributed by atoms with Gasteiger partial charge in [-0.2, -0.15) is 5.10 Å². The SMILES string of the molecule is Cc1cc2c(c(N)nn2CCO)c(=O)n1Cc1ccccc1. The van der Waals surface area contributed by atoms with E-state index in [1.54, 1.807) is 9.25 Å². The van der Waals surface area contributed by atoms with Crippen molar-refractivity contribution < 1.29 is 5.11 Å². The molecule has 2 aromatic heterocycles. The Morgan fingerprint density at radius 1 is 1.27 bits per heavy atom. The average molecular weight is 298 g/mol. The summed E-state index contributed by atoms with van der Waals surface area (Å²) in [5, 5.41) is 13.7. The minimum absolute atomic E-state index is 0.0532. The fraction of sp³-hybridized carbons (Fsp3) is 0.250. The van der Waals surface area contributed by atoms with Crippen LogP contribution >= 0.6 is 0 Å². The average Bonchev–Trinajstić information content (AvgIpc) is 2.81. The molecular weight excluding hydrogens is 280 g/mol. The minimum Gasteiger partial charge on any atom is -0.394 e. The molecule has 6 nitrogen and oxygen atoms in total. The molecule has 3 N–H and O–H groups in total. The van der Waals surface area contributed by atoms with Crippen molar-refractivity contribution in [2.24, 2.45) is 0 Å². The van der Waals surface area contributed by atoms with Crippen molar-refractivity contribution in [1.29, 1.82) is 0 Å². The number of aliphatic hydroxyl groups is 1. The van der Waals surface area contributed by atoms with Crippen molar-refractivity contribution in [3.63, 3.8) is 0 Å². The van der Waals surface area contributed by atoms with E-state index in [-0.39, 0.29) is 18.0 Å². The van der Waals surface area contributed by atoms with Crippen LogP contribution in [0.25, 0.3) is 10.9 Å². The Hall–Kier alpha value is -2.60. The Labute approximate surface area is 127 Å². The van der Waals surface area contributed by atoms with Crippen LogP contribution in [0.3, 0.4) is 0 Å². The van der Waals surface area contributed by atoms with Crippen molar-refractivity contribution in [3.8, 4) is 0 Å². The van der Waals surface area contributed by atoms with Gasteiger partial charge < -0.3 is 15.4 Å². The van der Waals surface area contributed by atoms with E-state index in [0.29, 0.717) is 24.0 Å². The molecule has 6 heteroatoms. The first-order valence-electron chi connectivity index (χ1n) is 7.13. The molecule has 22 heavy (non-hydrogen) atoms. The highest BCUT2D eigenvalue weighted by Gasteiger charge is 2.15. The summed E-state index contributed by atoms with van der Waals surface area (Å²) in [6, 6.07) is 11.7. The molecule has 0 bridgehead atoms. The summed E-state index contributed by atoms with van der Waals surface area (Å²) in [4.78, 5) is 12.8. The quantitative estimate of drug-likeness (QED) is 0.756. The Balaban J connectivity index is 2.17. The van der Waals surface area contributed by atoms with Crippen LogP contribution in [0.4, 0.5) is 5.82 Å². The van der Waals surface area contributed by atoms with E-state index >= 15 is 0 Å². The normalized spacial score (nSPS) is 11.2. The van der Waals surface area contributed by atoms with Gasteiger partial charge in [-0.15, -0.1) is 0 Å². The first-order chi connectivity index (χ1) is 10.6. The molecule has 3 rings (SSSR count). The molecule has 0 amide bonds. The van der Waals surface area contributed by atoms with E-state index in [0.717, 1.165) is 11.3 Å². The third-order valence-corrected chi connectivity index (χ3v) is 3.74. The summed E-state index contributed by atoms with van der Waals surface area (Å²) in [6.07, 6.45) is 0. The second kappa shape index (κ2) is 5.65. The lowest BCUT2D eigenvalue weighted by atomic mass is 10.2. The summed E-state index contributed by atoms with van der Waals surface area (Å²) < 4.78 is 3.27. The molecular formula is C16H18N4O2. The monoisotopic (exact) mass is 298 g/mol. The van der Waals surface area contributed by atoms with Gasteiger partial charge in [0.2, 0.25) is 0 Å². The summed E-state index contributed by atoms with van der Waals surface area (Å²) >= 11 is 0. The summed E-state index contributed by atoms with van der Waals surface area (Å²) in [7, 11) is 0. The fourth-order valence-electron chi connectivity index (χ4n) is 2.66. The number of nitrogens with zero attached hydrogens (tertiary/aromatic N) is 3. The van der Waals surface area contributed by atoms with Crippen molar-refractivity contribution in [2.45, 2.75) is 20.0 Å². The molecule has 0 radical (unpaired) electrons. The smallest absolute Gasteiger partial charge is 0.264 e. The van der Waals surface area contributed by atoms with E-state index in [4.69, 9.17) is 10.8 Å². The van der Waals surface area contributed by atoms with Crippen LogP contribution in [0, 0.1) is 6.92 Å². The Morgan fingerprint density at radius 3 is 2.68 bits per heavy atom. The predicted octanol–water partition coefficient (Wildman–Crippen LogP) is 1.13. The second-order valence-corrected chi connectivity index (χ2v) is 5.25. The molecule has 0 fully saturated rings. The maximum Gasteiger partial charge on any atom is 0.264 e. The standard InChI is InChI=1S/C16H18N4O2/c1-11-9-13-14(15(17)18-20(13)7-8-21)16(22)19(11)10-12-5-3-2-4-6-12/h2-6,9,21H,7-8,10H2,1H3,(H2,17,18). The molecule has 0 aliphatic heterocycles. The van der Waals surface area contributed by atoms with Crippen LogP contribution in [0.1, 0.15) is 11.3 Å². The molecule has 3 aromatic rings. The number of hydrogen-bond donors (Lipinski definition) is 2. The zero-order valence-corrected chi connectivity index (χ0v) is 12.4. The molecule has 0 saturated carbocycles. The number of nitrogen functional groups attached to an aromatic ring is 1. The second-order valence-electron chi connectivity index (χ2n) is 5.25. The van der Waals surface area contributed by atoms with Gasteiger partial charge in [-0.05, 0) is 18.6 Å². The van der Waals surface area contributed by atoms with E-state index in [9.17, 15) is 4.79 Å². The van der Waals surface area contributed by atoms with Crippen molar-refractivity contribution in [2.75, 3.05) is 12.3 Å². The first-order valence-corrected chi connectivity index (χ1v) is 7.13. The van der Waals surface area contributed by atoms with Gasteiger partial charge in [0, 0.05) is 5.69 Å². The lowest BCUT2D eigenvalue weighted by Gasteiger charge is -2.11. The Morgan fingerprint density at radius 2 is 2.00 bits per heavy atom. The number of hydrogen-bond acceptors (Lipinski definition) is 4. The highest BCUT2D eigenvalue weighted by Crippen LogP contribution is 2.18. The zero-order chi connectivity index (χ0) is 15.7. The van der Waals surface area contributed by atoms with Gasteiger partial charge in [-0.25, -0.2) is 0 Å². The topological polar surface area (TPSA) is 86.1 Å². The van der Waals surface area contributed by atoms with E-state index in [2.05, 4.69) is 5.10 Å². The molecule has 0 unspecified atom stereocenters. The number of pyridine rings is 1. The lowest BCUT2D eigenvalue weighted by Crippen LogP contribution is -2.23. The van der Waals surface area contributed by atoms with Crippen LogP contribution in [-0.4, -0.2) is 26.1 Å². The van der Waals surface area contributed by atoms with Gasteiger partial charge in [0.15, 0.2) is 5.82 Å². The zero-order valence-electron chi connectivity index (χ0n) is 12.4. The lowest BCUT2D eigenvalue weighted by molar-refractivity contribution is 0.272. The largest absolute Gasteiger partial charge is 0.394 e. The molecule has 1 aromatic carbocycles. The third-order valence-electron chi connectivity index (χ3n) is 3.74. The van der Waals surface area contributed by atoms with Gasteiger partial charge in [0.05, 0.1) is 25.2 Å². The van der Waals surface area contributed by atoms with E-state index in [1.807, 2.05) is 43.3 Å². The van der Waals surface area contributed by atoms with Crippen LogP contribution < -0.4 is 11.3 Å². The maximum absolute atomic E-state index is 12.8. The van der Waals surface area contributed by atoms with Gasteiger partial charge in [-0.1, -0.05) is 30.3 Å². The van der Waals surface area contributed by atoms with Gasteiger partial charge in [-0.3, -0.25) is 9.48 Å². The Kier molecular flexibility index (Phi) is 3.68. The highest BCUT2D eigenvalue weighted by atomic mass is 16.3. The number of anilines is 1. The molecule has 0 spiro atoms. The molecule has 0 saturated heterocycles. The minimum atomic E-state index is -0.152. The van der Waals surface area contributed by atoms with Crippen LogP contribution in [-0.2, 0) is 13.1 Å². The highest BCUT2D eigenvalue weighted by molar-refractivity contribution is 5.88. The van der Waals surface area contributed by atoms with Crippen molar-refractivity contribution in [1.82, 2.24) is 14.3 Å². The number of benzene rings is 1. The van der Waals surface area contributed by atoms with Gasteiger partial charge >= 0.3 is 0 Å². The molecule has 2 heterocycles. The summed E-state index contributed by atoms with van der Waals surface area (Å²) in [6.45, 7) is 2.64. The van der Waals surface area contributed by atoms with Crippen LogP contribution in [0.15, 0.2) is 41.2 Å². The molecule has 0 aliphatic carbocycles. The number of aliphatic hydroxyl groups excluding tert-OH is 1. The Bertz CT molecular complexity index is 865. The summed E-state index contributed by atoms with van der Waals surface area (Å²) in [5.41, 5.74) is 8.29. The van der Waals surface area contributed by atoms with Crippen LogP contribution in [0.5, 0.6) is 0 Å². The summed E-state index contributed by atoms with van der Waals surface area (Å²) in [5.74, 6) is 0.204. The number of aryl methyl sites for hydroxylation is 1.